The smallest absolute Gasteiger partial charge is 0.0476 e. The average Bonchev–Trinajstić information content (AvgIpc) is 2.39. The first-order valence-corrected chi connectivity index (χ1v) is 8.89. The van der Waals surface area contributed by atoms with Gasteiger partial charge in [-0.2, -0.15) is 0 Å². The number of hydrogen-bond donors (Lipinski definition) is 1. The van der Waals surface area contributed by atoms with Gasteiger partial charge in [0, 0.05) is 39.9 Å². The van der Waals surface area contributed by atoms with Gasteiger partial charge in [-0.15, -0.1) is 11.8 Å². The minimum Gasteiger partial charge on any atom is -0.381 e. The molecule has 1 aromatic rings. The van der Waals surface area contributed by atoms with Crippen molar-refractivity contribution in [1.29, 1.82) is 0 Å². The summed E-state index contributed by atoms with van der Waals surface area (Å²) >= 11 is 5.59. The van der Waals surface area contributed by atoms with Crippen molar-refractivity contribution in [1.82, 2.24) is 5.32 Å². The Balaban J connectivity index is 2.06. The Morgan fingerprint density at radius 1 is 1.30 bits per heavy atom. The van der Waals surface area contributed by atoms with Crippen LogP contribution in [0.3, 0.4) is 0 Å². The summed E-state index contributed by atoms with van der Waals surface area (Å²) in [6.07, 6.45) is 2.32. The van der Waals surface area contributed by atoms with Gasteiger partial charge >= 0.3 is 0 Å². The molecule has 0 radical (unpaired) electrons. The Morgan fingerprint density at radius 2 is 2.00 bits per heavy atom. The fourth-order valence-corrected chi connectivity index (χ4v) is 3.76. The first-order valence-electron chi connectivity index (χ1n) is 7.22. The highest BCUT2D eigenvalue weighted by Crippen LogP contribution is 2.33. The van der Waals surface area contributed by atoms with E-state index in [1.54, 1.807) is 0 Å². The summed E-state index contributed by atoms with van der Waals surface area (Å²) in [5.41, 5.74) is 1.52. The number of rotatable bonds is 4. The second-order valence-electron chi connectivity index (χ2n) is 6.29. The van der Waals surface area contributed by atoms with E-state index in [0.29, 0.717) is 5.25 Å². The molecule has 0 bridgehead atoms. The third-order valence-electron chi connectivity index (χ3n) is 3.29. The zero-order chi connectivity index (χ0) is 14.6. The third-order valence-corrected chi connectivity index (χ3v) is 5.24. The molecule has 4 heteroatoms. The van der Waals surface area contributed by atoms with Crippen molar-refractivity contribution in [2.75, 3.05) is 13.2 Å². The Bertz CT molecular complexity index is 439. The van der Waals surface area contributed by atoms with Crippen LogP contribution in [0.15, 0.2) is 27.6 Å². The number of thioether (sulfide) groups is 1. The molecule has 1 N–H and O–H groups in total. The highest BCUT2D eigenvalue weighted by atomic mass is 79.9. The quantitative estimate of drug-likeness (QED) is 0.849. The van der Waals surface area contributed by atoms with Gasteiger partial charge in [0.2, 0.25) is 0 Å². The topological polar surface area (TPSA) is 21.3 Å². The lowest BCUT2D eigenvalue weighted by Gasteiger charge is -2.24. The van der Waals surface area contributed by atoms with Gasteiger partial charge in [-0.3, -0.25) is 0 Å². The zero-order valence-corrected chi connectivity index (χ0v) is 14.9. The molecule has 0 amide bonds. The molecule has 0 spiro atoms. The molecule has 1 aliphatic rings. The Labute approximate surface area is 135 Å². The van der Waals surface area contributed by atoms with Crippen LogP contribution in [0.5, 0.6) is 0 Å². The summed E-state index contributed by atoms with van der Waals surface area (Å²) in [5.74, 6) is 0. The summed E-state index contributed by atoms with van der Waals surface area (Å²) in [6, 6.07) is 6.62. The summed E-state index contributed by atoms with van der Waals surface area (Å²) < 4.78 is 6.60. The summed E-state index contributed by atoms with van der Waals surface area (Å²) in [6.45, 7) is 9.34. The largest absolute Gasteiger partial charge is 0.381 e. The molecule has 1 heterocycles. The molecule has 0 saturated carbocycles. The second kappa shape index (κ2) is 7.30. The molecule has 0 aliphatic carbocycles. The van der Waals surface area contributed by atoms with Crippen molar-refractivity contribution in [3.8, 4) is 0 Å². The molecule has 0 aromatic heterocycles. The van der Waals surface area contributed by atoms with Crippen molar-refractivity contribution < 1.29 is 4.74 Å². The van der Waals surface area contributed by atoms with Crippen LogP contribution in [0.2, 0.25) is 0 Å². The van der Waals surface area contributed by atoms with Crippen LogP contribution in [-0.4, -0.2) is 24.0 Å². The molecule has 2 nitrogen and oxygen atoms in total. The Hall–Kier alpha value is -0.0300. The molecule has 1 aliphatic heterocycles. The van der Waals surface area contributed by atoms with Gasteiger partial charge in [0.25, 0.3) is 0 Å². The van der Waals surface area contributed by atoms with Gasteiger partial charge in [-0.1, -0.05) is 15.9 Å². The van der Waals surface area contributed by atoms with E-state index in [1.165, 1.54) is 10.5 Å². The minimum absolute atomic E-state index is 0.142. The van der Waals surface area contributed by atoms with E-state index >= 15 is 0 Å². The van der Waals surface area contributed by atoms with Crippen LogP contribution in [0.4, 0.5) is 0 Å². The van der Waals surface area contributed by atoms with E-state index in [0.717, 1.165) is 37.1 Å². The lowest BCUT2D eigenvalue weighted by Crippen LogP contribution is -2.35. The SMILES string of the molecule is CC(C)(C)NCc1cc(Br)ccc1SC1CCOCC1. The number of halogens is 1. The molecule has 112 valence electrons. The molecule has 0 unspecified atom stereocenters. The van der Waals surface area contributed by atoms with Gasteiger partial charge in [0.1, 0.15) is 0 Å². The van der Waals surface area contributed by atoms with Gasteiger partial charge in [0.15, 0.2) is 0 Å². The minimum atomic E-state index is 0.142. The average molecular weight is 358 g/mol. The van der Waals surface area contributed by atoms with Crippen molar-refractivity contribution >= 4 is 27.7 Å². The Kier molecular flexibility index (Phi) is 5.96. The summed E-state index contributed by atoms with van der Waals surface area (Å²) in [7, 11) is 0. The van der Waals surface area contributed by atoms with E-state index < -0.39 is 0 Å². The lowest BCUT2D eigenvalue weighted by atomic mass is 10.1. The van der Waals surface area contributed by atoms with Gasteiger partial charge in [0.05, 0.1) is 0 Å². The maximum atomic E-state index is 5.45. The predicted octanol–water partition coefficient (Wildman–Crippen LogP) is 4.61. The Morgan fingerprint density at radius 3 is 2.65 bits per heavy atom. The predicted molar refractivity (Wildman–Crippen MR) is 90.4 cm³/mol. The van der Waals surface area contributed by atoms with Crippen molar-refractivity contribution in [2.24, 2.45) is 0 Å². The molecule has 0 atom stereocenters. The van der Waals surface area contributed by atoms with Crippen LogP contribution in [0.25, 0.3) is 0 Å². The number of benzene rings is 1. The lowest BCUT2D eigenvalue weighted by molar-refractivity contribution is 0.1000. The van der Waals surface area contributed by atoms with E-state index in [-0.39, 0.29) is 5.54 Å². The second-order valence-corrected chi connectivity index (χ2v) is 8.54. The number of ether oxygens (including phenoxy) is 1. The van der Waals surface area contributed by atoms with Crippen molar-refractivity contribution in [3.63, 3.8) is 0 Å². The molecular weight excluding hydrogens is 334 g/mol. The van der Waals surface area contributed by atoms with E-state index in [4.69, 9.17) is 4.74 Å². The van der Waals surface area contributed by atoms with Crippen LogP contribution < -0.4 is 5.32 Å². The highest BCUT2D eigenvalue weighted by molar-refractivity contribution is 9.10. The first kappa shape index (κ1) is 16.3. The van der Waals surface area contributed by atoms with Crippen LogP contribution in [0, 0.1) is 0 Å². The van der Waals surface area contributed by atoms with Crippen molar-refractivity contribution in [2.45, 2.75) is 55.8 Å². The molecular formula is C16H24BrNOS. The molecule has 1 saturated heterocycles. The highest BCUT2D eigenvalue weighted by Gasteiger charge is 2.17. The first-order chi connectivity index (χ1) is 9.44. The van der Waals surface area contributed by atoms with Crippen molar-refractivity contribution in [3.05, 3.63) is 28.2 Å². The summed E-state index contributed by atoms with van der Waals surface area (Å²) in [4.78, 5) is 1.40. The fourth-order valence-electron chi connectivity index (χ4n) is 2.13. The van der Waals surface area contributed by atoms with E-state index in [2.05, 4.69) is 60.2 Å². The van der Waals surface area contributed by atoms with Gasteiger partial charge in [-0.25, -0.2) is 0 Å². The van der Waals surface area contributed by atoms with Crippen LogP contribution in [0.1, 0.15) is 39.2 Å². The maximum absolute atomic E-state index is 5.45. The van der Waals surface area contributed by atoms with Crippen LogP contribution >= 0.6 is 27.7 Å². The molecule has 1 fully saturated rings. The summed E-state index contributed by atoms with van der Waals surface area (Å²) in [5, 5.41) is 4.28. The standard InChI is InChI=1S/C16H24BrNOS/c1-16(2,3)18-11-12-10-13(17)4-5-15(12)20-14-6-8-19-9-7-14/h4-5,10,14,18H,6-9,11H2,1-3H3. The normalized spacial score (nSPS) is 17.4. The van der Waals surface area contributed by atoms with Gasteiger partial charge < -0.3 is 10.1 Å². The molecule has 20 heavy (non-hydrogen) atoms. The monoisotopic (exact) mass is 357 g/mol. The molecule has 1 aromatic carbocycles. The number of hydrogen-bond acceptors (Lipinski definition) is 3. The maximum Gasteiger partial charge on any atom is 0.0476 e. The van der Waals surface area contributed by atoms with Crippen LogP contribution in [-0.2, 0) is 11.3 Å². The van der Waals surface area contributed by atoms with Gasteiger partial charge in [-0.05, 0) is 57.4 Å². The number of nitrogens with one attached hydrogen (secondary N) is 1. The zero-order valence-electron chi connectivity index (χ0n) is 12.5. The van der Waals surface area contributed by atoms with E-state index in [9.17, 15) is 0 Å². The molecule has 2 rings (SSSR count). The third kappa shape index (κ3) is 5.40. The van der Waals surface area contributed by atoms with E-state index in [1.807, 2.05) is 11.8 Å². The fraction of sp³-hybridized carbons (Fsp3) is 0.625.